The van der Waals surface area contributed by atoms with Gasteiger partial charge in [0, 0.05) is 31.0 Å². The SMILES string of the molecule is Cc1cc(C)n2nc(C(=O)N(CCN(C)C)CC(C)C)nc2n1. The van der Waals surface area contributed by atoms with Crippen molar-refractivity contribution in [3.8, 4) is 0 Å². The molecule has 0 aliphatic carbocycles. The third-order valence-corrected chi connectivity index (χ3v) is 3.50. The Balaban J connectivity index is 2.29. The Kier molecular flexibility index (Phi) is 5.30. The molecule has 0 aliphatic heterocycles. The van der Waals surface area contributed by atoms with Crippen LogP contribution in [0.5, 0.6) is 0 Å². The predicted octanol–water partition coefficient (Wildman–Crippen LogP) is 1.40. The van der Waals surface area contributed by atoms with Gasteiger partial charge in [-0.25, -0.2) is 9.50 Å². The lowest BCUT2D eigenvalue weighted by Gasteiger charge is -2.24. The van der Waals surface area contributed by atoms with Crippen LogP contribution in [0.3, 0.4) is 0 Å². The standard InChI is InChI=1S/C16H26N6O/c1-11(2)10-21(8-7-20(5)6)15(23)14-18-16-17-12(3)9-13(4)22(16)19-14/h9,11H,7-8,10H2,1-6H3. The summed E-state index contributed by atoms with van der Waals surface area (Å²) >= 11 is 0. The molecule has 2 aromatic heterocycles. The summed E-state index contributed by atoms with van der Waals surface area (Å²) in [7, 11) is 3.99. The minimum Gasteiger partial charge on any atom is -0.334 e. The van der Waals surface area contributed by atoms with Gasteiger partial charge in [-0.3, -0.25) is 4.79 Å². The van der Waals surface area contributed by atoms with Crippen molar-refractivity contribution >= 4 is 11.7 Å². The lowest BCUT2D eigenvalue weighted by Crippen LogP contribution is -2.39. The van der Waals surface area contributed by atoms with Crippen molar-refractivity contribution in [1.29, 1.82) is 0 Å². The molecule has 23 heavy (non-hydrogen) atoms. The molecular formula is C16H26N6O. The normalized spacial score (nSPS) is 11.7. The fourth-order valence-corrected chi connectivity index (χ4v) is 2.44. The molecule has 0 saturated carbocycles. The Labute approximate surface area is 137 Å². The van der Waals surface area contributed by atoms with Crippen LogP contribution in [0.25, 0.3) is 5.78 Å². The van der Waals surface area contributed by atoms with Gasteiger partial charge in [0.1, 0.15) is 0 Å². The summed E-state index contributed by atoms with van der Waals surface area (Å²) in [5.41, 5.74) is 1.79. The highest BCUT2D eigenvalue weighted by atomic mass is 16.2. The quantitative estimate of drug-likeness (QED) is 0.805. The van der Waals surface area contributed by atoms with Crippen LogP contribution >= 0.6 is 0 Å². The van der Waals surface area contributed by atoms with E-state index in [0.29, 0.717) is 24.8 Å². The zero-order valence-electron chi connectivity index (χ0n) is 14.9. The zero-order valence-corrected chi connectivity index (χ0v) is 14.9. The number of nitrogens with zero attached hydrogens (tertiary/aromatic N) is 6. The van der Waals surface area contributed by atoms with Gasteiger partial charge >= 0.3 is 0 Å². The molecular weight excluding hydrogens is 292 g/mol. The molecule has 0 radical (unpaired) electrons. The summed E-state index contributed by atoms with van der Waals surface area (Å²) < 4.78 is 1.62. The van der Waals surface area contributed by atoms with E-state index < -0.39 is 0 Å². The smallest absolute Gasteiger partial charge is 0.293 e. The van der Waals surface area contributed by atoms with Gasteiger partial charge in [-0.1, -0.05) is 13.8 Å². The lowest BCUT2D eigenvalue weighted by atomic mass is 10.2. The second-order valence-electron chi connectivity index (χ2n) is 6.63. The number of carbonyl (C=O) groups excluding carboxylic acids is 1. The number of aromatic nitrogens is 4. The summed E-state index contributed by atoms with van der Waals surface area (Å²) in [5, 5.41) is 4.35. The van der Waals surface area contributed by atoms with Gasteiger partial charge < -0.3 is 9.80 Å². The van der Waals surface area contributed by atoms with E-state index in [2.05, 4.69) is 33.8 Å². The molecule has 126 valence electrons. The average Bonchev–Trinajstić information content (AvgIpc) is 2.86. The van der Waals surface area contributed by atoms with Crippen LogP contribution in [0.1, 0.15) is 35.9 Å². The van der Waals surface area contributed by atoms with Crippen molar-refractivity contribution in [1.82, 2.24) is 29.4 Å². The number of aryl methyl sites for hydroxylation is 2. The Morgan fingerprint density at radius 1 is 1.22 bits per heavy atom. The van der Waals surface area contributed by atoms with Gasteiger partial charge in [0.25, 0.3) is 11.7 Å². The van der Waals surface area contributed by atoms with Crippen molar-refractivity contribution in [2.45, 2.75) is 27.7 Å². The van der Waals surface area contributed by atoms with Crippen molar-refractivity contribution in [2.24, 2.45) is 5.92 Å². The molecule has 0 bridgehead atoms. The van der Waals surface area contributed by atoms with Crippen LogP contribution in [-0.4, -0.2) is 69.0 Å². The molecule has 0 unspecified atom stereocenters. The number of likely N-dealkylation sites (N-methyl/N-ethyl adjacent to an activating group) is 1. The second kappa shape index (κ2) is 7.04. The molecule has 0 aromatic carbocycles. The molecule has 0 saturated heterocycles. The first-order chi connectivity index (χ1) is 10.8. The second-order valence-corrected chi connectivity index (χ2v) is 6.63. The highest BCUT2D eigenvalue weighted by Gasteiger charge is 2.22. The van der Waals surface area contributed by atoms with E-state index in [1.54, 1.807) is 4.52 Å². The number of hydrogen-bond acceptors (Lipinski definition) is 5. The maximum absolute atomic E-state index is 12.8. The Bertz CT molecular complexity index is 691. The third-order valence-electron chi connectivity index (χ3n) is 3.50. The first-order valence-electron chi connectivity index (χ1n) is 7.93. The van der Waals surface area contributed by atoms with E-state index in [1.165, 1.54) is 0 Å². The topological polar surface area (TPSA) is 66.6 Å². The highest BCUT2D eigenvalue weighted by Crippen LogP contribution is 2.09. The van der Waals surface area contributed by atoms with E-state index in [4.69, 9.17) is 0 Å². The Morgan fingerprint density at radius 2 is 1.91 bits per heavy atom. The van der Waals surface area contributed by atoms with Crippen molar-refractivity contribution in [3.05, 3.63) is 23.3 Å². The predicted molar refractivity (Wildman–Crippen MR) is 89.6 cm³/mol. The largest absolute Gasteiger partial charge is 0.334 e. The number of carbonyl (C=O) groups is 1. The number of rotatable bonds is 6. The fourth-order valence-electron chi connectivity index (χ4n) is 2.44. The molecule has 2 aromatic rings. The van der Waals surface area contributed by atoms with Crippen LogP contribution in [0.2, 0.25) is 0 Å². The molecule has 7 nitrogen and oxygen atoms in total. The molecule has 1 amide bonds. The molecule has 0 fully saturated rings. The summed E-state index contributed by atoms with van der Waals surface area (Å²) in [6.07, 6.45) is 0. The van der Waals surface area contributed by atoms with E-state index >= 15 is 0 Å². The maximum Gasteiger partial charge on any atom is 0.293 e. The highest BCUT2D eigenvalue weighted by molar-refractivity contribution is 5.90. The molecule has 0 spiro atoms. The average molecular weight is 318 g/mol. The van der Waals surface area contributed by atoms with Crippen molar-refractivity contribution in [3.63, 3.8) is 0 Å². The third kappa shape index (κ3) is 4.25. The van der Waals surface area contributed by atoms with Crippen LogP contribution in [-0.2, 0) is 0 Å². The fraction of sp³-hybridized carbons (Fsp3) is 0.625. The van der Waals surface area contributed by atoms with Crippen molar-refractivity contribution < 1.29 is 4.79 Å². The van der Waals surface area contributed by atoms with Gasteiger partial charge in [0.2, 0.25) is 5.82 Å². The lowest BCUT2D eigenvalue weighted by molar-refractivity contribution is 0.0712. The first kappa shape index (κ1) is 17.3. The summed E-state index contributed by atoms with van der Waals surface area (Å²) in [6, 6.07) is 1.92. The molecule has 0 atom stereocenters. The molecule has 0 N–H and O–H groups in total. The molecule has 0 aliphatic rings. The van der Waals surface area contributed by atoms with Gasteiger partial charge in [-0.2, -0.15) is 4.98 Å². The number of fused-ring (bicyclic) bond motifs is 1. The van der Waals surface area contributed by atoms with Gasteiger partial charge in [0.15, 0.2) is 0 Å². The van der Waals surface area contributed by atoms with E-state index in [-0.39, 0.29) is 11.7 Å². The van der Waals surface area contributed by atoms with Crippen LogP contribution in [0.4, 0.5) is 0 Å². The molecule has 2 heterocycles. The molecule has 2 rings (SSSR count). The first-order valence-corrected chi connectivity index (χ1v) is 7.93. The van der Waals surface area contributed by atoms with Gasteiger partial charge in [-0.05, 0) is 39.9 Å². The van der Waals surface area contributed by atoms with Gasteiger partial charge in [0.05, 0.1) is 0 Å². The van der Waals surface area contributed by atoms with Gasteiger partial charge in [-0.15, -0.1) is 5.10 Å². The number of amides is 1. The minimum atomic E-state index is -0.136. The van der Waals surface area contributed by atoms with E-state index in [1.807, 2.05) is 38.9 Å². The van der Waals surface area contributed by atoms with Crippen LogP contribution in [0, 0.1) is 19.8 Å². The van der Waals surface area contributed by atoms with Crippen molar-refractivity contribution in [2.75, 3.05) is 33.7 Å². The maximum atomic E-state index is 12.8. The van der Waals surface area contributed by atoms with Crippen LogP contribution < -0.4 is 0 Å². The monoisotopic (exact) mass is 318 g/mol. The minimum absolute atomic E-state index is 0.136. The Hall–Kier alpha value is -2.02. The van der Waals surface area contributed by atoms with E-state index in [9.17, 15) is 4.79 Å². The number of hydrogen-bond donors (Lipinski definition) is 0. The van der Waals surface area contributed by atoms with E-state index in [0.717, 1.165) is 17.9 Å². The summed E-state index contributed by atoms with van der Waals surface area (Å²) in [4.78, 5) is 25.4. The van der Waals surface area contributed by atoms with Crippen LogP contribution in [0.15, 0.2) is 6.07 Å². The summed E-state index contributed by atoms with van der Waals surface area (Å²) in [5.74, 6) is 0.942. The Morgan fingerprint density at radius 3 is 2.52 bits per heavy atom. The zero-order chi connectivity index (χ0) is 17.1. The molecule has 7 heteroatoms. The summed E-state index contributed by atoms with van der Waals surface area (Å²) in [6.45, 7) is 10.2.